The van der Waals surface area contributed by atoms with E-state index in [1.54, 1.807) is 17.5 Å². The molecule has 0 aliphatic carbocycles. The minimum Gasteiger partial charge on any atom is -0.490 e. The van der Waals surface area contributed by atoms with Gasteiger partial charge in [0.05, 0.1) is 19.8 Å². The van der Waals surface area contributed by atoms with Gasteiger partial charge < -0.3 is 20.5 Å². The van der Waals surface area contributed by atoms with Crippen LogP contribution in [0, 0.1) is 0 Å². The number of rotatable bonds is 3. The van der Waals surface area contributed by atoms with Gasteiger partial charge in [0.1, 0.15) is 5.01 Å². The molecule has 0 saturated carbocycles. The number of fused-ring (bicyclic) bond motifs is 1. The van der Waals surface area contributed by atoms with Crippen LogP contribution < -0.4 is 20.5 Å². The minimum atomic E-state index is 0.347. The van der Waals surface area contributed by atoms with Crippen LogP contribution in [0.5, 0.6) is 11.5 Å². The van der Waals surface area contributed by atoms with Gasteiger partial charge in [-0.15, -0.1) is 11.3 Å². The number of nitrogens with two attached hydrogens (primary N) is 1. The number of hydrogen-bond donors (Lipinski definition) is 2. The zero-order valence-electron chi connectivity index (χ0n) is 11.4. The van der Waals surface area contributed by atoms with Gasteiger partial charge >= 0.3 is 0 Å². The van der Waals surface area contributed by atoms with Crippen LogP contribution in [-0.4, -0.2) is 24.2 Å². The molecule has 0 bridgehead atoms. The fourth-order valence-corrected chi connectivity index (χ4v) is 2.45. The van der Waals surface area contributed by atoms with Crippen LogP contribution in [0.4, 0.5) is 5.69 Å². The largest absolute Gasteiger partial charge is 0.490 e. The van der Waals surface area contributed by atoms with E-state index in [-0.39, 0.29) is 0 Å². The van der Waals surface area contributed by atoms with E-state index < -0.39 is 0 Å². The van der Waals surface area contributed by atoms with Crippen molar-refractivity contribution in [1.29, 1.82) is 0 Å². The molecule has 0 atom stereocenters. The van der Waals surface area contributed by atoms with Crippen molar-refractivity contribution in [2.45, 2.75) is 13.0 Å². The van der Waals surface area contributed by atoms with Crippen molar-refractivity contribution in [2.24, 2.45) is 10.7 Å². The summed E-state index contributed by atoms with van der Waals surface area (Å²) in [5.41, 5.74) is 6.69. The van der Waals surface area contributed by atoms with Crippen molar-refractivity contribution < 1.29 is 9.47 Å². The van der Waals surface area contributed by atoms with Crippen molar-refractivity contribution in [3.8, 4) is 11.5 Å². The molecule has 7 heteroatoms. The van der Waals surface area contributed by atoms with Gasteiger partial charge in [0.15, 0.2) is 17.5 Å². The molecule has 1 aromatic carbocycles. The van der Waals surface area contributed by atoms with Gasteiger partial charge in [-0.2, -0.15) is 0 Å². The van der Waals surface area contributed by atoms with Crippen LogP contribution >= 0.6 is 11.3 Å². The van der Waals surface area contributed by atoms with Crippen LogP contribution in [-0.2, 0) is 6.54 Å². The number of guanidine groups is 1. The predicted molar refractivity (Wildman–Crippen MR) is 83.1 cm³/mol. The summed E-state index contributed by atoms with van der Waals surface area (Å²) in [5.74, 6) is 1.83. The lowest BCUT2D eigenvalue weighted by atomic mass is 10.3. The first kappa shape index (κ1) is 13.7. The Kier molecular flexibility index (Phi) is 4.20. The zero-order chi connectivity index (χ0) is 14.5. The molecule has 0 fully saturated rings. The van der Waals surface area contributed by atoms with E-state index in [4.69, 9.17) is 15.2 Å². The van der Waals surface area contributed by atoms with Gasteiger partial charge in [-0.1, -0.05) is 0 Å². The van der Waals surface area contributed by atoms with E-state index in [9.17, 15) is 0 Å². The highest BCUT2D eigenvalue weighted by Crippen LogP contribution is 2.32. The number of ether oxygens (including phenoxy) is 2. The molecule has 2 heterocycles. The fraction of sp³-hybridized carbons (Fsp3) is 0.286. The summed E-state index contributed by atoms with van der Waals surface area (Å²) >= 11 is 1.55. The molecule has 0 unspecified atom stereocenters. The van der Waals surface area contributed by atoms with Crippen LogP contribution in [0.3, 0.4) is 0 Å². The molecule has 6 nitrogen and oxygen atoms in total. The van der Waals surface area contributed by atoms with Crippen molar-refractivity contribution in [2.75, 3.05) is 18.5 Å². The molecule has 21 heavy (non-hydrogen) atoms. The second-order valence-corrected chi connectivity index (χ2v) is 5.44. The highest BCUT2D eigenvalue weighted by molar-refractivity contribution is 7.09. The Morgan fingerprint density at radius 1 is 1.33 bits per heavy atom. The normalized spacial score (nSPS) is 14.6. The lowest BCUT2D eigenvalue weighted by molar-refractivity contribution is 0.297. The molecule has 1 aliphatic rings. The average molecular weight is 304 g/mol. The first-order chi connectivity index (χ1) is 10.3. The van der Waals surface area contributed by atoms with Gasteiger partial charge in [0.2, 0.25) is 0 Å². The third-order valence-electron chi connectivity index (χ3n) is 2.89. The van der Waals surface area contributed by atoms with Gasteiger partial charge in [0, 0.05) is 29.8 Å². The van der Waals surface area contributed by atoms with Gasteiger partial charge in [-0.3, -0.25) is 0 Å². The minimum absolute atomic E-state index is 0.347. The second kappa shape index (κ2) is 6.45. The van der Waals surface area contributed by atoms with Crippen LogP contribution in [0.1, 0.15) is 11.4 Å². The Morgan fingerprint density at radius 3 is 3.00 bits per heavy atom. The second-order valence-electron chi connectivity index (χ2n) is 4.46. The molecule has 0 amide bonds. The lowest BCUT2D eigenvalue weighted by Crippen LogP contribution is -2.22. The smallest absolute Gasteiger partial charge is 0.193 e. The zero-order valence-corrected chi connectivity index (χ0v) is 12.2. The monoisotopic (exact) mass is 304 g/mol. The molecule has 1 aliphatic heterocycles. The maximum absolute atomic E-state index is 5.87. The van der Waals surface area contributed by atoms with E-state index in [0.717, 1.165) is 28.6 Å². The molecular formula is C14H16N4O2S. The summed E-state index contributed by atoms with van der Waals surface area (Å²) in [4.78, 5) is 8.41. The SMILES string of the molecule is NC(=NCc1nccs1)Nc1ccc2c(c1)OCCCO2. The summed E-state index contributed by atoms with van der Waals surface area (Å²) in [6.07, 6.45) is 2.64. The van der Waals surface area contributed by atoms with Gasteiger partial charge in [-0.25, -0.2) is 9.98 Å². The summed E-state index contributed by atoms with van der Waals surface area (Å²) in [6.45, 7) is 1.81. The maximum Gasteiger partial charge on any atom is 0.193 e. The molecule has 0 radical (unpaired) electrons. The van der Waals surface area contributed by atoms with Crippen molar-refractivity contribution in [3.63, 3.8) is 0 Å². The highest BCUT2D eigenvalue weighted by atomic mass is 32.1. The summed E-state index contributed by atoms with van der Waals surface area (Å²) < 4.78 is 11.2. The van der Waals surface area contributed by atoms with E-state index in [0.29, 0.717) is 25.7 Å². The van der Waals surface area contributed by atoms with Crippen LogP contribution in [0.2, 0.25) is 0 Å². The topological polar surface area (TPSA) is 81.8 Å². The Labute approximate surface area is 126 Å². The number of aliphatic imine (C=N–C) groups is 1. The quantitative estimate of drug-likeness (QED) is 0.671. The number of nitrogens with one attached hydrogen (secondary N) is 1. The van der Waals surface area contributed by atoms with E-state index in [1.807, 2.05) is 23.6 Å². The molecule has 3 rings (SSSR count). The Morgan fingerprint density at radius 2 is 2.19 bits per heavy atom. The summed E-state index contributed by atoms with van der Waals surface area (Å²) in [5, 5.41) is 5.89. The molecule has 110 valence electrons. The number of aromatic nitrogens is 1. The molecule has 3 N–H and O–H groups in total. The van der Waals surface area contributed by atoms with Gasteiger partial charge in [-0.05, 0) is 12.1 Å². The van der Waals surface area contributed by atoms with Crippen molar-refractivity contribution >= 4 is 23.0 Å². The highest BCUT2D eigenvalue weighted by Gasteiger charge is 2.10. The number of thiazole rings is 1. The average Bonchev–Trinajstić information content (AvgIpc) is 2.90. The number of benzene rings is 1. The maximum atomic E-state index is 5.87. The number of anilines is 1. The third kappa shape index (κ3) is 3.63. The predicted octanol–water partition coefficient (Wildman–Crippen LogP) is 2.23. The van der Waals surface area contributed by atoms with E-state index in [1.165, 1.54) is 0 Å². The van der Waals surface area contributed by atoms with Crippen LogP contribution in [0.15, 0.2) is 34.8 Å². The first-order valence-electron chi connectivity index (χ1n) is 6.66. The van der Waals surface area contributed by atoms with Crippen LogP contribution in [0.25, 0.3) is 0 Å². The van der Waals surface area contributed by atoms with Gasteiger partial charge in [0.25, 0.3) is 0 Å². The van der Waals surface area contributed by atoms with E-state index >= 15 is 0 Å². The Balaban J connectivity index is 1.67. The lowest BCUT2D eigenvalue weighted by Gasteiger charge is -2.10. The first-order valence-corrected chi connectivity index (χ1v) is 7.54. The van der Waals surface area contributed by atoms with Crippen molar-refractivity contribution in [1.82, 2.24) is 4.98 Å². The Hall–Kier alpha value is -2.28. The molecule has 1 aromatic heterocycles. The van der Waals surface area contributed by atoms with Crippen molar-refractivity contribution in [3.05, 3.63) is 34.8 Å². The standard InChI is InChI=1S/C14H16N4O2S/c15-14(17-9-13-16-4-7-21-13)18-10-2-3-11-12(8-10)20-6-1-5-19-11/h2-4,7-8H,1,5-6,9H2,(H3,15,17,18). The number of nitrogens with zero attached hydrogens (tertiary/aromatic N) is 2. The molecule has 0 saturated heterocycles. The third-order valence-corrected chi connectivity index (χ3v) is 3.65. The summed E-state index contributed by atoms with van der Waals surface area (Å²) in [7, 11) is 0. The molecular weight excluding hydrogens is 288 g/mol. The molecule has 2 aromatic rings. The fourth-order valence-electron chi connectivity index (χ4n) is 1.91. The molecule has 0 spiro atoms. The van der Waals surface area contributed by atoms with E-state index in [2.05, 4.69) is 15.3 Å². The Bertz CT molecular complexity index is 628. The number of hydrogen-bond acceptors (Lipinski definition) is 5. The summed E-state index contributed by atoms with van der Waals surface area (Å²) in [6, 6.07) is 5.63.